The Hall–Kier alpha value is -0.580. The summed E-state index contributed by atoms with van der Waals surface area (Å²) in [5.41, 5.74) is 1.04. The number of benzene rings is 1. The number of aliphatic hydroxyl groups is 1. The van der Waals surface area contributed by atoms with E-state index in [9.17, 15) is 9.50 Å². The number of halogens is 1. The molecule has 0 radical (unpaired) electrons. The standard InChI is InChI=1S/C16H24FNOS/c1-3-11(4-2)15(19)10-18-14-8-9-20-16-12(14)6-5-7-13(16)17/h5-7,11,14-15,18-19H,3-4,8-10H2,1-2H3. The van der Waals surface area contributed by atoms with Gasteiger partial charge in [-0.05, 0) is 29.7 Å². The van der Waals surface area contributed by atoms with Gasteiger partial charge < -0.3 is 10.4 Å². The molecule has 0 bridgehead atoms. The van der Waals surface area contributed by atoms with Crippen molar-refractivity contribution < 1.29 is 9.50 Å². The zero-order chi connectivity index (χ0) is 14.5. The Morgan fingerprint density at radius 2 is 2.15 bits per heavy atom. The molecule has 1 heterocycles. The van der Waals surface area contributed by atoms with E-state index >= 15 is 0 Å². The van der Waals surface area contributed by atoms with Crippen LogP contribution in [0.3, 0.4) is 0 Å². The predicted molar refractivity (Wildman–Crippen MR) is 82.6 cm³/mol. The van der Waals surface area contributed by atoms with Crippen LogP contribution >= 0.6 is 11.8 Å². The summed E-state index contributed by atoms with van der Waals surface area (Å²) in [5.74, 6) is 1.14. The van der Waals surface area contributed by atoms with E-state index in [4.69, 9.17) is 0 Å². The van der Waals surface area contributed by atoms with Gasteiger partial charge in [-0.1, -0.05) is 38.8 Å². The van der Waals surface area contributed by atoms with E-state index in [1.54, 1.807) is 17.8 Å². The van der Waals surface area contributed by atoms with Gasteiger partial charge in [-0.3, -0.25) is 0 Å². The van der Waals surface area contributed by atoms with Crippen molar-refractivity contribution in [3.8, 4) is 0 Å². The van der Waals surface area contributed by atoms with Gasteiger partial charge in [0, 0.05) is 17.5 Å². The van der Waals surface area contributed by atoms with Crippen LogP contribution in [0.15, 0.2) is 23.1 Å². The Balaban J connectivity index is 2.00. The summed E-state index contributed by atoms with van der Waals surface area (Å²) in [4.78, 5) is 0.772. The Morgan fingerprint density at radius 3 is 2.85 bits per heavy atom. The van der Waals surface area contributed by atoms with Crippen molar-refractivity contribution in [2.24, 2.45) is 5.92 Å². The second-order valence-electron chi connectivity index (χ2n) is 5.40. The molecule has 112 valence electrons. The average molecular weight is 297 g/mol. The summed E-state index contributed by atoms with van der Waals surface area (Å²) in [6.07, 6.45) is 2.64. The monoisotopic (exact) mass is 297 g/mol. The van der Waals surface area contributed by atoms with E-state index in [-0.39, 0.29) is 18.0 Å². The first kappa shape index (κ1) is 15.8. The molecule has 1 aromatic rings. The number of aliphatic hydroxyl groups excluding tert-OH is 1. The highest BCUT2D eigenvalue weighted by molar-refractivity contribution is 7.99. The largest absolute Gasteiger partial charge is 0.392 e. The maximum Gasteiger partial charge on any atom is 0.137 e. The van der Waals surface area contributed by atoms with E-state index in [1.165, 1.54) is 6.07 Å². The fourth-order valence-corrected chi connectivity index (χ4v) is 4.00. The van der Waals surface area contributed by atoms with Crippen LogP contribution in [0.4, 0.5) is 4.39 Å². The molecule has 2 rings (SSSR count). The minimum atomic E-state index is -0.323. The summed E-state index contributed by atoms with van der Waals surface area (Å²) in [6.45, 7) is 4.80. The molecule has 0 fully saturated rings. The molecular weight excluding hydrogens is 273 g/mol. The first-order chi connectivity index (χ1) is 9.67. The highest BCUT2D eigenvalue weighted by atomic mass is 32.2. The lowest BCUT2D eigenvalue weighted by Gasteiger charge is -2.28. The third-order valence-corrected chi connectivity index (χ3v) is 5.35. The molecule has 0 saturated heterocycles. The topological polar surface area (TPSA) is 32.3 Å². The van der Waals surface area contributed by atoms with Crippen molar-refractivity contribution in [3.63, 3.8) is 0 Å². The van der Waals surface area contributed by atoms with Crippen LogP contribution in [0.25, 0.3) is 0 Å². The number of thioether (sulfide) groups is 1. The number of nitrogens with one attached hydrogen (secondary N) is 1. The van der Waals surface area contributed by atoms with Gasteiger partial charge in [-0.25, -0.2) is 4.39 Å². The molecule has 4 heteroatoms. The highest BCUT2D eigenvalue weighted by Crippen LogP contribution is 2.37. The molecule has 20 heavy (non-hydrogen) atoms. The van der Waals surface area contributed by atoms with Crippen LogP contribution in [-0.4, -0.2) is 23.5 Å². The van der Waals surface area contributed by atoms with Crippen LogP contribution in [0.2, 0.25) is 0 Å². The molecule has 0 aliphatic carbocycles. The van der Waals surface area contributed by atoms with Crippen molar-refractivity contribution in [2.45, 2.75) is 50.2 Å². The summed E-state index contributed by atoms with van der Waals surface area (Å²) in [6, 6.07) is 5.44. The summed E-state index contributed by atoms with van der Waals surface area (Å²) < 4.78 is 13.8. The molecule has 2 nitrogen and oxygen atoms in total. The first-order valence-corrected chi connectivity index (χ1v) is 8.48. The third-order valence-electron chi connectivity index (χ3n) is 4.19. The molecule has 1 aromatic carbocycles. The molecule has 0 saturated carbocycles. The van der Waals surface area contributed by atoms with Crippen LogP contribution in [0.5, 0.6) is 0 Å². The van der Waals surface area contributed by atoms with Gasteiger partial charge in [0.15, 0.2) is 0 Å². The van der Waals surface area contributed by atoms with Crippen molar-refractivity contribution in [1.29, 1.82) is 0 Å². The third kappa shape index (κ3) is 3.54. The smallest absolute Gasteiger partial charge is 0.137 e. The SMILES string of the molecule is CCC(CC)C(O)CNC1CCSc2c(F)cccc21. The molecular formula is C16H24FNOS. The lowest BCUT2D eigenvalue weighted by atomic mass is 9.95. The van der Waals surface area contributed by atoms with Gasteiger partial charge in [0.05, 0.1) is 6.10 Å². The van der Waals surface area contributed by atoms with Crippen molar-refractivity contribution in [3.05, 3.63) is 29.6 Å². The van der Waals surface area contributed by atoms with Crippen molar-refractivity contribution >= 4 is 11.8 Å². The Labute approximate surface area is 125 Å². The molecule has 0 amide bonds. The number of hydrogen-bond acceptors (Lipinski definition) is 3. The van der Waals surface area contributed by atoms with Gasteiger partial charge in [0.1, 0.15) is 5.82 Å². The molecule has 1 aliphatic rings. The number of hydrogen-bond donors (Lipinski definition) is 2. The normalized spacial score (nSPS) is 19.9. The van der Waals surface area contributed by atoms with Crippen molar-refractivity contribution in [1.82, 2.24) is 5.32 Å². The van der Waals surface area contributed by atoms with Crippen LogP contribution < -0.4 is 5.32 Å². The minimum absolute atomic E-state index is 0.125. The fraction of sp³-hybridized carbons (Fsp3) is 0.625. The van der Waals surface area contributed by atoms with Gasteiger partial charge in [-0.2, -0.15) is 0 Å². The molecule has 2 unspecified atom stereocenters. The zero-order valence-electron chi connectivity index (χ0n) is 12.2. The first-order valence-electron chi connectivity index (χ1n) is 7.50. The fourth-order valence-electron chi connectivity index (χ4n) is 2.86. The average Bonchev–Trinajstić information content (AvgIpc) is 2.47. The van der Waals surface area contributed by atoms with E-state index in [0.29, 0.717) is 12.5 Å². The number of rotatable bonds is 6. The predicted octanol–water partition coefficient (Wildman–Crippen LogP) is 3.75. The summed E-state index contributed by atoms with van der Waals surface area (Å²) in [5, 5.41) is 13.6. The maximum absolute atomic E-state index is 13.8. The zero-order valence-corrected chi connectivity index (χ0v) is 13.0. The second-order valence-corrected chi connectivity index (χ2v) is 6.51. The highest BCUT2D eigenvalue weighted by Gasteiger charge is 2.24. The molecule has 1 aliphatic heterocycles. The molecule has 2 atom stereocenters. The maximum atomic E-state index is 13.8. The van der Waals surface area contributed by atoms with Crippen LogP contribution in [0.1, 0.15) is 44.7 Å². The summed E-state index contributed by atoms with van der Waals surface area (Å²) in [7, 11) is 0. The van der Waals surface area contributed by atoms with E-state index in [2.05, 4.69) is 19.2 Å². The lowest BCUT2D eigenvalue weighted by Crippen LogP contribution is -2.35. The Morgan fingerprint density at radius 1 is 1.40 bits per heavy atom. The van der Waals surface area contributed by atoms with Crippen LogP contribution in [-0.2, 0) is 0 Å². The molecule has 0 aromatic heterocycles. The lowest BCUT2D eigenvalue weighted by molar-refractivity contribution is 0.0979. The Bertz CT molecular complexity index is 436. The number of fused-ring (bicyclic) bond motifs is 1. The minimum Gasteiger partial charge on any atom is -0.392 e. The van der Waals surface area contributed by atoms with Crippen molar-refractivity contribution in [2.75, 3.05) is 12.3 Å². The van der Waals surface area contributed by atoms with Gasteiger partial charge in [-0.15, -0.1) is 11.8 Å². The van der Waals surface area contributed by atoms with Crippen LogP contribution in [0, 0.1) is 11.7 Å². The molecule has 2 N–H and O–H groups in total. The van der Waals surface area contributed by atoms with Gasteiger partial charge >= 0.3 is 0 Å². The quantitative estimate of drug-likeness (QED) is 0.839. The van der Waals surface area contributed by atoms with E-state index in [1.807, 2.05) is 6.07 Å². The molecule has 0 spiro atoms. The summed E-state index contributed by atoms with van der Waals surface area (Å²) >= 11 is 1.59. The van der Waals surface area contributed by atoms with Gasteiger partial charge in [0.2, 0.25) is 0 Å². The van der Waals surface area contributed by atoms with E-state index < -0.39 is 0 Å². The van der Waals surface area contributed by atoms with Gasteiger partial charge in [0.25, 0.3) is 0 Å². The van der Waals surface area contributed by atoms with E-state index in [0.717, 1.165) is 35.5 Å². The second kappa shape index (κ2) is 7.43. The Kier molecular flexibility index (Phi) is 5.87.